The Balaban J connectivity index is 1.56. The molecule has 1 aliphatic rings. The molecule has 6 nitrogen and oxygen atoms in total. The van der Waals surface area contributed by atoms with Gasteiger partial charge in [-0.3, -0.25) is 14.6 Å². The molecule has 2 amide bonds. The molecule has 1 saturated heterocycles. The summed E-state index contributed by atoms with van der Waals surface area (Å²) in [6.07, 6.45) is 1.97. The number of carbonyl (C=O) groups excluding carboxylic acids is 2. The Bertz CT molecular complexity index is 777. The van der Waals surface area contributed by atoms with E-state index < -0.39 is 0 Å². The summed E-state index contributed by atoms with van der Waals surface area (Å²) in [5.74, 6) is 0.532. The predicted octanol–water partition coefficient (Wildman–Crippen LogP) is 2.49. The van der Waals surface area contributed by atoms with E-state index in [9.17, 15) is 9.59 Å². The van der Waals surface area contributed by atoms with Crippen LogP contribution in [0.1, 0.15) is 24.6 Å². The van der Waals surface area contributed by atoms with Crippen LogP contribution in [0.15, 0.2) is 48.7 Å². The Morgan fingerprint density at radius 3 is 2.70 bits per heavy atom. The van der Waals surface area contributed by atoms with Crippen LogP contribution in [0.4, 0.5) is 0 Å². The minimum atomic E-state index is -0.297. The van der Waals surface area contributed by atoms with E-state index in [4.69, 9.17) is 4.74 Å². The predicted molar refractivity (Wildman–Crippen MR) is 102 cm³/mol. The zero-order valence-corrected chi connectivity index (χ0v) is 15.8. The fourth-order valence-corrected chi connectivity index (χ4v) is 3.30. The summed E-state index contributed by atoms with van der Waals surface area (Å²) >= 11 is 0. The van der Waals surface area contributed by atoms with Gasteiger partial charge in [-0.25, -0.2) is 0 Å². The van der Waals surface area contributed by atoms with Crippen molar-refractivity contribution in [2.45, 2.75) is 26.4 Å². The van der Waals surface area contributed by atoms with Gasteiger partial charge in [0.25, 0.3) is 0 Å². The smallest absolute Gasteiger partial charge is 0.228 e. The Labute approximate surface area is 159 Å². The van der Waals surface area contributed by atoms with Crippen LogP contribution in [0.3, 0.4) is 0 Å². The highest BCUT2D eigenvalue weighted by Crippen LogP contribution is 2.22. The molecule has 0 unspecified atom stereocenters. The molecule has 1 aromatic carbocycles. The third-order valence-corrected chi connectivity index (χ3v) is 4.67. The summed E-state index contributed by atoms with van der Waals surface area (Å²) < 4.78 is 5.44. The van der Waals surface area contributed by atoms with Gasteiger partial charge >= 0.3 is 0 Å². The molecule has 0 N–H and O–H groups in total. The molecule has 3 rings (SSSR count). The van der Waals surface area contributed by atoms with E-state index in [0.29, 0.717) is 26.2 Å². The number of amides is 2. The molecule has 27 heavy (non-hydrogen) atoms. The van der Waals surface area contributed by atoms with Crippen molar-refractivity contribution < 1.29 is 14.3 Å². The van der Waals surface area contributed by atoms with Crippen LogP contribution in [-0.4, -0.2) is 46.8 Å². The molecular weight excluding hydrogens is 342 g/mol. The normalized spacial score (nSPS) is 16.4. The van der Waals surface area contributed by atoms with Gasteiger partial charge in [-0.1, -0.05) is 18.2 Å². The van der Waals surface area contributed by atoms with Crippen molar-refractivity contribution in [1.29, 1.82) is 0 Å². The van der Waals surface area contributed by atoms with Crippen molar-refractivity contribution in [3.05, 3.63) is 59.9 Å². The second-order valence-electron chi connectivity index (χ2n) is 6.77. The van der Waals surface area contributed by atoms with E-state index >= 15 is 0 Å². The lowest BCUT2D eigenvalue weighted by atomic mass is 10.1. The lowest BCUT2D eigenvalue weighted by Crippen LogP contribution is -2.34. The van der Waals surface area contributed by atoms with Gasteiger partial charge in [-0.2, -0.15) is 0 Å². The van der Waals surface area contributed by atoms with Crippen molar-refractivity contribution in [3.63, 3.8) is 0 Å². The first-order valence-electron chi connectivity index (χ1n) is 9.21. The number of nitrogens with zero attached hydrogens (tertiary/aromatic N) is 3. The van der Waals surface area contributed by atoms with Gasteiger partial charge in [0.2, 0.25) is 11.8 Å². The van der Waals surface area contributed by atoms with E-state index in [1.165, 1.54) is 0 Å². The number of carbonyl (C=O) groups is 2. The topological polar surface area (TPSA) is 62.7 Å². The molecule has 0 saturated carbocycles. The second-order valence-corrected chi connectivity index (χ2v) is 6.77. The average Bonchev–Trinajstić information content (AvgIpc) is 3.04. The SMILES string of the molecule is CCOc1ccc(CN(C)C(=O)[C@H]2CC(=O)N(Cc3ccccn3)C2)cc1. The average molecular weight is 367 g/mol. The first-order chi connectivity index (χ1) is 13.1. The number of ether oxygens (including phenoxy) is 1. The zero-order valence-electron chi connectivity index (χ0n) is 15.8. The zero-order chi connectivity index (χ0) is 19.2. The molecule has 0 bridgehead atoms. The summed E-state index contributed by atoms with van der Waals surface area (Å²) in [5.41, 5.74) is 1.87. The van der Waals surface area contributed by atoms with Crippen LogP contribution >= 0.6 is 0 Å². The molecule has 1 fully saturated rings. The number of likely N-dealkylation sites (tertiary alicyclic amines) is 1. The molecule has 1 aromatic heterocycles. The molecule has 0 radical (unpaired) electrons. The molecule has 6 heteroatoms. The fourth-order valence-electron chi connectivity index (χ4n) is 3.30. The van der Waals surface area contributed by atoms with Crippen LogP contribution in [-0.2, 0) is 22.7 Å². The molecular formula is C21H25N3O3. The third kappa shape index (κ3) is 4.84. The molecule has 1 atom stereocenters. The molecule has 142 valence electrons. The quantitative estimate of drug-likeness (QED) is 0.754. The van der Waals surface area contributed by atoms with Crippen molar-refractivity contribution in [3.8, 4) is 5.75 Å². The monoisotopic (exact) mass is 367 g/mol. The third-order valence-electron chi connectivity index (χ3n) is 4.67. The Morgan fingerprint density at radius 2 is 2.04 bits per heavy atom. The van der Waals surface area contributed by atoms with Crippen molar-refractivity contribution >= 4 is 11.8 Å². The number of aromatic nitrogens is 1. The van der Waals surface area contributed by atoms with Crippen LogP contribution in [0.25, 0.3) is 0 Å². The van der Waals surface area contributed by atoms with Gasteiger partial charge in [0, 0.05) is 32.8 Å². The largest absolute Gasteiger partial charge is 0.494 e. The molecule has 1 aliphatic heterocycles. The number of benzene rings is 1. The van der Waals surface area contributed by atoms with Crippen LogP contribution in [0.5, 0.6) is 5.75 Å². The fraction of sp³-hybridized carbons (Fsp3) is 0.381. The summed E-state index contributed by atoms with van der Waals surface area (Å²) in [6.45, 7) is 3.98. The van der Waals surface area contributed by atoms with Gasteiger partial charge in [0.15, 0.2) is 0 Å². The highest BCUT2D eigenvalue weighted by Gasteiger charge is 2.35. The Morgan fingerprint density at radius 1 is 1.26 bits per heavy atom. The lowest BCUT2D eigenvalue weighted by molar-refractivity contribution is -0.135. The van der Waals surface area contributed by atoms with Gasteiger partial charge in [0.1, 0.15) is 5.75 Å². The number of hydrogen-bond donors (Lipinski definition) is 0. The van der Waals surface area contributed by atoms with Crippen LogP contribution < -0.4 is 4.74 Å². The van der Waals surface area contributed by atoms with Crippen molar-refractivity contribution in [1.82, 2.24) is 14.8 Å². The standard InChI is InChI=1S/C21H25N3O3/c1-3-27-19-9-7-16(8-10-19)13-23(2)21(26)17-12-20(25)24(14-17)15-18-6-4-5-11-22-18/h4-11,17H,3,12-15H2,1-2H3/t17-/m0/s1. The second kappa shape index (κ2) is 8.66. The van der Waals surface area contributed by atoms with E-state index in [1.807, 2.05) is 49.4 Å². The minimum Gasteiger partial charge on any atom is -0.494 e. The maximum Gasteiger partial charge on any atom is 0.228 e. The van der Waals surface area contributed by atoms with Crippen molar-refractivity contribution in [2.24, 2.45) is 5.92 Å². The summed E-state index contributed by atoms with van der Waals surface area (Å²) in [5, 5.41) is 0. The van der Waals surface area contributed by atoms with E-state index in [-0.39, 0.29) is 24.2 Å². The van der Waals surface area contributed by atoms with Gasteiger partial charge in [-0.05, 0) is 36.8 Å². The molecule has 0 aliphatic carbocycles. The molecule has 2 aromatic rings. The summed E-state index contributed by atoms with van der Waals surface area (Å²) in [7, 11) is 1.78. The van der Waals surface area contributed by atoms with Crippen LogP contribution in [0.2, 0.25) is 0 Å². The summed E-state index contributed by atoms with van der Waals surface area (Å²) in [6, 6.07) is 13.4. The molecule has 2 heterocycles. The van der Waals surface area contributed by atoms with Gasteiger partial charge in [0.05, 0.1) is 24.8 Å². The number of hydrogen-bond acceptors (Lipinski definition) is 4. The maximum absolute atomic E-state index is 12.8. The Kier molecular flexibility index (Phi) is 6.06. The first kappa shape index (κ1) is 18.9. The minimum absolute atomic E-state index is 0.000700. The summed E-state index contributed by atoms with van der Waals surface area (Å²) in [4.78, 5) is 32.7. The van der Waals surface area contributed by atoms with E-state index in [2.05, 4.69) is 4.98 Å². The first-order valence-corrected chi connectivity index (χ1v) is 9.21. The van der Waals surface area contributed by atoms with Gasteiger partial charge < -0.3 is 14.5 Å². The highest BCUT2D eigenvalue weighted by atomic mass is 16.5. The van der Waals surface area contributed by atoms with Crippen molar-refractivity contribution in [2.75, 3.05) is 20.2 Å². The number of pyridine rings is 1. The maximum atomic E-state index is 12.8. The highest BCUT2D eigenvalue weighted by molar-refractivity contribution is 5.89. The van der Waals surface area contributed by atoms with E-state index in [0.717, 1.165) is 17.0 Å². The lowest BCUT2D eigenvalue weighted by Gasteiger charge is -2.21. The number of rotatable bonds is 7. The van der Waals surface area contributed by atoms with Crippen LogP contribution in [0, 0.1) is 5.92 Å². The Hall–Kier alpha value is -2.89. The molecule has 0 spiro atoms. The van der Waals surface area contributed by atoms with Gasteiger partial charge in [-0.15, -0.1) is 0 Å². The van der Waals surface area contributed by atoms with E-state index in [1.54, 1.807) is 23.0 Å².